The lowest BCUT2D eigenvalue weighted by Crippen LogP contribution is -2.29. The molecule has 1 saturated carbocycles. The van der Waals surface area contributed by atoms with Gasteiger partial charge in [-0.25, -0.2) is 0 Å². The lowest BCUT2D eigenvalue weighted by Gasteiger charge is -2.30. The van der Waals surface area contributed by atoms with Crippen molar-refractivity contribution in [2.75, 3.05) is 11.9 Å². The third kappa shape index (κ3) is 4.24. The maximum absolute atomic E-state index is 6.06. The van der Waals surface area contributed by atoms with Crippen LogP contribution in [-0.4, -0.2) is 11.9 Å². The maximum atomic E-state index is 6.06. The second kappa shape index (κ2) is 7.33. The minimum atomic E-state index is 0.347. The van der Waals surface area contributed by atoms with Crippen LogP contribution >= 0.6 is 15.9 Å². The fourth-order valence-electron chi connectivity index (χ4n) is 2.85. The van der Waals surface area contributed by atoms with Gasteiger partial charge in [0.2, 0.25) is 0 Å². The molecule has 1 aliphatic carbocycles. The van der Waals surface area contributed by atoms with E-state index in [0.29, 0.717) is 5.41 Å². The molecule has 0 N–H and O–H groups in total. The van der Waals surface area contributed by atoms with Crippen LogP contribution in [0.2, 0.25) is 0 Å². The van der Waals surface area contributed by atoms with Crippen LogP contribution in [0.15, 0.2) is 24.3 Å². The molecule has 0 aliphatic heterocycles. The molecular weight excluding hydrogens is 300 g/mol. The molecule has 0 radical (unpaired) electrons. The minimum absolute atomic E-state index is 0.347. The van der Waals surface area contributed by atoms with Crippen molar-refractivity contribution in [1.29, 1.82) is 0 Å². The summed E-state index contributed by atoms with van der Waals surface area (Å²) >= 11 is 3.72. The number of hydrogen-bond acceptors (Lipinski definition) is 1. The molecule has 0 bridgehead atoms. The Morgan fingerprint density at radius 3 is 2.21 bits per heavy atom. The molecule has 0 amide bonds. The van der Waals surface area contributed by atoms with Gasteiger partial charge in [-0.05, 0) is 37.0 Å². The van der Waals surface area contributed by atoms with Crippen molar-refractivity contribution in [2.24, 2.45) is 5.41 Å². The molecule has 106 valence electrons. The molecule has 0 saturated heterocycles. The summed E-state index contributed by atoms with van der Waals surface area (Å²) in [6, 6.07) is 8.56. The average Bonchev–Trinajstić information content (AvgIpc) is 2.72. The maximum Gasteiger partial charge on any atom is 0.119 e. The zero-order chi connectivity index (χ0) is 13.6. The Labute approximate surface area is 125 Å². The molecule has 1 fully saturated rings. The highest BCUT2D eigenvalue weighted by atomic mass is 79.9. The van der Waals surface area contributed by atoms with Crippen LogP contribution in [0, 0.1) is 5.41 Å². The van der Waals surface area contributed by atoms with Crippen LogP contribution < -0.4 is 4.74 Å². The van der Waals surface area contributed by atoms with Gasteiger partial charge in [0, 0.05) is 10.7 Å². The summed E-state index contributed by atoms with van der Waals surface area (Å²) < 4.78 is 6.06. The number of halogens is 1. The van der Waals surface area contributed by atoms with Crippen molar-refractivity contribution >= 4 is 15.9 Å². The van der Waals surface area contributed by atoms with E-state index in [4.69, 9.17) is 4.74 Å². The van der Waals surface area contributed by atoms with E-state index >= 15 is 0 Å². The molecule has 1 aromatic carbocycles. The van der Waals surface area contributed by atoms with Gasteiger partial charge in [-0.3, -0.25) is 0 Å². The van der Waals surface area contributed by atoms with E-state index in [0.717, 1.165) is 24.1 Å². The van der Waals surface area contributed by atoms with Crippen LogP contribution in [0.25, 0.3) is 0 Å². The van der Waals surface area contributed by atoms with Crippen molar-refractivity contribution in [1.82, 2.24) is 0 Å². The predicted molar refractivity (Wildman–Crippen MR) is 85.2 cm³/mol. The Morgan fingerprint density at radius 2 is 1.68 bits per heavy atom. The second-order valence-corrected chi connectivity index (χ2v) is 6.39. The number of benzene rings is 1. The van der Waals surface area contributed by atoms with E-state index in [2.05, 4.69) is 47.1 Å². The first kappa shape index (κ1) is 14.9. The predicted octanol–water partition coefficient (Wildman–Crippen LogP) is 5.36. The monoisotopic (exact) mass is 324 g/mol. The smallest absolute Gasteiger partial charge is 0.119 e. The number of rotatable bonds is 5. The Hall–Kier alpha value is -0.500. The minimum Gasteiger partial charge on any atom is -0.493 e. The Bertz CT molecular complexity index is 363. The summed E-state index contributed by atoms with van der Waals surface area (Å²) in [5.41, 5.74) is 1.72. The molecular formula is C17H25BrO. The first-order valence-electron chi connectivity index (χ1n) is 7.56. The number of ether oxygens (including phenoxy) is 1. The molecule has 0 aromatic heterocycles. The average molecular weight is 325 g/mol. The zero-order valence-electron chi connectivity index (χ0n) is 12.0. The SMILES string of the molecule is CCc1ccc(OCC2(CBr)CCCCCC2)cc1. The first-order chi connectivity index (χ1) is 9.28. The highest BCUT2D eigenvalue weighted by Crippen LogP contribution is 2.37. The summed E-state index contributed by atoms with van der Waals surface area (Å²) in [5.74, 6) is 1.02. The molecule has 0 heterocycles. The largest absolute Gasteiger partial charge is 0.493 e. The van der Waals surface area contributed by atoms with Gasteiger partial charge in [0.1, 0.15) is 5.75 Å². The molecule has 1 aromatic rings. The number of hydrogen-bond donors (Lipinski definition) is 0. The molecule has 1 aliphatic rings. The van der Waals surface area contributed by atoms with Crippen LogP contribution in [0.1, 0.15) is 51.0 Å². The molecule has 0 spiro atoms. The van der Waals surface area contributed by atoms with E-state index in [1.165, 1.54) is 44.1 Å². The molecule has 19 heavy (non-hydrogen) atoms. The van der Waals surface area contributed by atoms with E-state index in [9.17, 15) is 0 Å². The van der Waals surface area contributed by atoms with Crippen LogP contribution in [0.3, 0.4) is 0 Å². The van der Waals surface area contributed by atoms with Crippen molar-refractivity contribution in [3.05, 3.63) is 29.8 Å². The van der Waals surface area contributed by atoms with Gasteiger partial charge < -0.3 is 4.74 Å². The van der Waals surface area contributed by atoms with Gasteiger partial charge in [0.25, 0.3) is 0 Å². The quantitative estimate of drug-likeness (QED) is 0.523. The Balaban J connectivity index is 1.94. The van der Waals surface area contributed by atoms with E-state index in [1.807, 2.05) is 0 Å². The summed E-state index contributed by atoms with van der Waals surface area (Å²) in [6.45, 7) is 3.03. The highest BCUT2D eigenvalue weighted by molar-refractivity contribution is 9.09. The number of alkyl halides is 1. The summed E-state index contributed by atoms with van der Waals surface area (Å²) in [6.07, 6.45) is 9.16. The lowest BCUT2D eigenvalue weighted by molar-refractivity contribution is 0.149. The molecule has 1 nitrogen and oxygen atoms in total. The first-order valence-corrected chi connectivity index (χ1v) is 8.68. The highest BCUT2D eigenvalue weighted by Gasteiger charge is 2.30. The second-order valence-electron chi connectivity index (χ2n) is 5.83. The van der Waals surface area contributed by atoms with E-state index in [-0.39, 0.29) is 0 Å². The lowest BCUT2D eigenvalue weighted by atomic mass is 9.83. The van der Waals surface area contributed by atoms with Gasteiger partial charge >= 0.3 is 0 Å². The van der Waals surface area contributed by atoms with Gasteiger partial charge in [0.05, 0.1) is 6.61 Å². The van der Waals surface area contributed by atoms with Crippen LogP contribution in [-0.2, 0) is 6.42 Å². The standard InChI is InChI=1S/C17H25BrO/c1-2-15-7-9-16(10-8-15)19-14-17(13-18)11-5-3-4-6-12-17/h7-10H,2-6,11-14H2,1H3. The third-order valence-corrected chi connectivity index (χ3v) is 5.51. The van der Waals surface area contributed by atoms with Crippen LogP contribution in [0.5, 0.6) is 5.75 Å². The fourth-order valence-corrected chi connectivity index (χ4v) is 3.58. The molecule has 0 atom stereocenters. The van der Waals surface area contributed by atoms with Gasteiger partial charge in [-0.1, -0.05) is 60.7 Å². The fraction of sp³-hybridized carbons (Fsp3) is 0.647. The molecule has 0 unspecified atom stereocenters. The topological polar surface area (TPSA) is 9.23 Å². The summed E-state index contributed by atoms with van der Waals surface area (Å²) in [7, 11) is 0. The van der Waals surface area contributed by atoms with E-state index < -0.39 is 0 Å². The van der Waals surface area contributed by atoms with E-state index in [1.54, 1.807) is 0 Å². The molecule has 2 rings (SSSR count). The van der Waals surface area contributed by atoms with Crippen LogP contribution in [0.4, 0.5) is 0 Å². The van der Waals surface area contributed by atoms with Gasteiger partial charge in [0.15, 0.2) is 0 Å². The summed E-state index contributed by atoms with van der Waals surface area (Å²) in [5, 5.41) is 1.06. The number of aryl methyl sites for hydroxylation is 1. The summed E-state index contributed by atoms with van der Waals surface area (Å²) in [4.78, 5) is 0. The Morgan fingerprint density at radius 1 is 1.05 bits per heavy atom. The van der Waals surface area contributed by atoms with Crippen molar-refractivity contribution < 1.29 is 4.74 Å². The van der Waals surface area contributed by atoms with Crippen molar-refractivity contribution in [2.45, 2.75) is 51.9 Å². The normalized spacial score (nSPS) is 18.8. The van der Waals surface area contributed by atoms with Gasteiger partial charge in [-0.15, -0.1) is 0 Å². The Kier molecular flexibility index (Phi) is 5.75. The zero-order valence-corrected chi connectivity index (χ0v) is 13.5. The van der Waals surface area contributed by atoms with Crippen molar-refractivity contribution in [3.63, 3.8) is 0 Å². The molecule has 2 heteroatoms. The van der Waals surface area contributed by atoms with Crippen molar-refractivity contribution in [3.8, 4) is 5.75 Å². The third-order valence-electron chi connectivity index (χ3n) is 4.32. The van der Waals surface area contributed by atoms with Gasteiger partial charge in [-0.2, -0.15) is 0 Å².